The second-order valence-corrected chi connectivity index (χ2v) is 7.01. The zero-order valence-corrected chi connectivity index (χ0v) is 15.7. The van der Waals surface area contributed by atoms with E-state index in [-0.39, 0.29) is 11.8 Å². The summed E-state index contributed by atoms with van der Waals surface area (Å²) in [5.74, 6) is -0.137. The number of hydrogen-bond donors (Lipinski definition) is 0. The van der Waals surface area contributed by atoms with E-state index in [0.717, 1.165) is 19.6 Å². The summed E-state index contributed by atoms with van der Waals surface area (Å²) in [6.07, 6.45) is 4.31. The Morgan fingerprint density at radius 1 is 0.929 bits per heavy atom. The molecule has 1 fully saturated rings. The molecular weight excluding hydrogens is 354 g/mol. The third kappa shape index (κ3) is 4.09. The van der Waals surface area contributed by atoms with Crippen LogP contribution in [0.4, 0.5) is 5.69 Å². The summed E-state index contributed by atoms with van der Waals surface area (Å²) in [4.78, 5) is 33.4. The smallest absolute Gasteiger partial charge is 0.270 e. The number of aromatic nitrogens is 1. The number of rotatable bonds is 4. The molecule has 3 heterocycles. The molecule has 0 spiro atoms. The van der Waals surface area contributed by atoms with Crippen molar-refractivity contribution >= 4 is 23.2 Å². The van der Waals surface area contributed by atoms with Crippen LogP contribution < -0.4 is 5.01 Å². The lowest BCUT2D eigenvalue weighted by Crippen LogP contribution is -2.51. The quantitative estimate of drug-likeness (QED) is 0.816. The highest BCUT2D eigenvalue weighted by Crippen LogP contribution is 2.20. The summed E-state index contributed by atoms with van der Waals surface area (Å²) in [7, 11) is 0. The standard InChI is InChI=1S/C21H23N5O2/c27-20-7-6-19(23-26(20)18-4-2-1-3-5-18)21(28)25-14-12-24(13-15-25)16-17-8-10-22-11-9-17/h1-5,8-11H,6-7,12-16H2. The molecule has 0 saturated carbocycles. The van der Waals surface area contributed by atoms with E-state index in [1.807, 2.05) is 47.4 Å². The molecule has 0 radical (unpaired) electrons. The lowest BCUT2D eigenvalue weighted by molar-refractivity contribution is -0.126. The van der Waals surface area contributed by atoms with E-state index >= 15 is 0 Å². The molecule has 7 nitrogen and oxygen atoms in total. The third-order valence-electron chi connectivity index (χ3n) is 5.10. The van der Waals surface area contributed by atoms with Crippen LogP contribution in [0.1, 0.15) is 18.4 Å². The number of pyridine rings is 1. The number of piperazine rings is 1. The van der Waals surface area contributed by atoms with Crippen LogP contribution in [0.5, 0.6) is 0 Å². The maximum atomic E-state index is 12.9. The average Bonchev–Trinajstić information content (AvgIpc) is 2.75. The van der Waals surface area contributed by atoms with E-state index in [1.54, 1.807) is 12.4 Å². The number of amides is 2. The van der Waals surface area contributed by atoms with Crippen LogP contribution in [-0.4, -0.2) is 58.5 Å². The van der Waals surface area contributed by atoms with E-state index in [1.165, 1.54) is 10.6 Å². The summed E-state index contributed by atoms with van der Waals surface area (Å²) in [5.41, 5.74) is 2.38. The predicted molar refractivity (Wildman–Crippen MR) is 107 cm³/mol. The van der Waals surface area contributed by atoms with Crippen LogP contribution in [0.2, 0.25) is 0 Å². The number of anilines is 1. The number of hydrogen-bond acceptors (Lipinski definition) is 5. The number of carbonyl (C=O) groups excluding carboxylic acids is 2. The van der Waals surface area contributed by atoms with Crippen molar-refractivity contribution < 1.29 is 9.59 Å². The van der Waals surface area contributed by atoms with E-state index in [2.05, 4.69) is 15.0 Å². The SMILES string of the molecule is O=C(C1=NN(c2ccccc2)C(=O)CC1)N1CCN(Cc2ccncc2)CC1. The lowest BCUT2D eigenvalue weighted by Gasteiger charge is -2.35. The van der Waals surface area contributed by atoms with Crippen molar-refractivity contribution in [3.05, 3.63) is 60.4 Å². The van der Waals surface area contributed by atoms with Gasteiger partial charge in [0, 0.05) is 58.0 Å². The maximum Gasteiger partial charge on any atom is 0.270 e. The number of carbonyl (C=O) groups is 2. The minimum Gasteiger partial charge on any atom is -0.335 e. The molecule has 2 aromatic rings. The van der Waals surface area contributed by atoms with Crippen LogP contribution in [0.3, 0.4) is 0 Å². The van der Waals surface area contributed by atoms with Crippen LogP contribution in [0.15, 0.2) is 60.0 Å². The first-order chi connectivity index (χ1) is 13.7. The van der Waals surface area contributed by atoms with Crippen molar-refractivity contribution in [2.45, 2.75) is 19.4 Å². The molecule has 0 aliphatic carbocycles. The fourth-order valence-corrected chi connectivity index (χ4v) is 3.52. The Morgan fingerprint density at radius 2 is 1.64 bits per heavy atom. The zero-order valence-electron chi connectivity index (χ0n) is 15.7. The Bertz CT molecular complexity index is 861. The van der Waals surface area contributed by atoms with Gasteiger partial charge >= 0.3 is 0 Å². The molecule has 28 heavy (non-hydrogen) atoms. The van der Waals surface area contributed by atoms with Crippen molar-refractivity contribution in [1.29, 1.82) is 0 Å². The van der Waals surface area contributed by atoms with Crippen molar-refractivity contribution in [2.75, 3.05) is 31.2 Å². The Morgan fingerprint density at radius 3 is 2.36 bits per heavy atom. The summed E-state index contributed by atoms with van der Waals surface area (Å²) >= 11 is 0. The molecule has 1 aromatic carbocycles. The highest BCUT2D eigenvalue weighted by Gasteiger charge is 2.30. The number of para-hydroxylation sites is 1. The zero-order chi connectivity index (χ0) is 19.3. The predicted octanol–water partition coefficient (Wildman–Crippen LogP) is 1.91. The molecule has 7 heteroatoms. The summed E-state index contributed by atoms with van der Waals surface area (Å²) in [6, 6.07) is 13.3. The van der Waals surface area contributed by atoms with Gasteiger partial charge in [-0.1, -0.05) is 18.2 Å². The van der Waals surface area contributed by atoms with Crippen molar-refractivity contribution in [2.24, 2.45) is 5.10 Å². The van der Waals surface area contributed by atoms with Crippen molar-refractivity contribution in [3.63, 3.8) is 0 Å². The molecule has 0 bridgehead atoms. The van der Waals surface area contributed by atoms with Gasteiger partial charge in [-0.05, 0) is 29.8 Å². The first-order valence-corrected chi connectivity index (χ1v) is 9.57. The van der Waals surface area contributed by atoms with Gasteiger partial charge in [0.1, 0.15) is 5.71 Å². The molecule has 2 aliphatic heterocycles. The average molecular weight is 377 g/mol. The summed E-state index contributed by atoms with van der Waals surface area (Å²) in [6.45, 7) is 3.84. The van der Waals surface area contributed by atoms with Crippen LogP contribution in [0, 0.1) is 0 Å². The van der Waals surface area contributed by atoms with Gasteiger partial charge in [0.25, 0.3) is 5.91 Å². The Kier molecular flexibility index (Phi) is 5.43. The van der Waals surface area contributed by atoms with Gasteiger partial charge in [-0.25, -0.2) is 5.01 Å². The topological polar surface area (TPSA) is 69.1 Å². The van der Waals surface area contributed by atoms with Gasteiger partial charge in [-0.2, -0.15) is 5.10 Å². The van der Waals surface area contributed by atoms with Gasteiger partial charge in [0.05, 0.1) is 5.69 Å². The fourth-order valence-electron chi connectivity index (χ4n) is 3.52. The van der Waals surface area contributed by atoms with E-state index < -0.39 is 0 Å². The van der Waals surface area contributed by atoms with Crippen LogP contribution in [0.25, 0.3) is 0 Å². The molecule has 4 rings (SSSR count). The van der Waals surface area contributed by atoms with Crippen LogP contribution >= 0.6 is 0 Å². The lowest BCUT2D eigenvalue weighted by atomic mass is 10.1. The van der Waals surface area contributed by atoms with Gasteiger partial charge < -0.3 is 4.90 Å². The molecular formula is C21H23N5O2. The van der Waals surface area contributed by atoms with E-state index in [9.17, 15) is 9.59 Å². The molecule has 2 amide bonds. The number of hydrazone groups is 1. The van der Waals surface area contributed by atoms with Crippen molar-refractivity contribution in [1.82, 2.24) is 14.8 Å². The van der Waals surface area contributed by atoms with Gasteiger partial charge in [0.2, 0.25) is 5.91 Å². The second-order valence-electron chi connectivity index (χ2n) is 7.01. The van der Waals surface area contributed by atoms with Crippen molar-refractivity contribution in [3.8, 4) is 0 Å². The Balaban J connectivity index is 1.39. The third-order valence-corrected chi connectivity index (χ3v) is 5.10. The number of nitrogens with zero attached hydrogens (tertiary/aromatic N) is 5. The summed E-state index contributed by atoms with van der Waals surface area (Å²) < 4.78 is 0. The Hall–Kier alpha value is -3.06. The van der Waals surface area contributed by atoms with Gasteiger partial charge in [-0.3, -0.25) is 19.5 Å². The fraction of sp³-hybridized carbons (Fsp3) is 0.333. The highest BCUT2D eigenvalue weighted by molar-refractivity contribution is 6.40. The first kappa shape index (κ1) is 18.3. The Labute approximate surface area is 164 Å². The minimum absolute atomic E-state index is 0.0583. The minimum atomic E-state index is -0.0788. The molecule has 1 saturated heterocycles. The molecule has 0 atom stereocenters. The van der Waals surface area contributed by atoms with Gasteiger partial charge in [-0.15, -0.1) is 0 Å². The summed E-state index contributed by atoms with van der Waals surface area (Å²) in [5, 5.41) is 5.74. The molecule has 0 N–H and O–H groups in total. The highest BCUT2D eigenvalue weighted by atomic mass is 16.2. The monoisotopic (exact) mass is 377 g/mol. The molecule has 2 aliphatic rings. The number of benzene rings is 1. The van der Waals surface area contributed by atoms with E-state index in [0.29, 0.717) is 37.3 Å². The second kappa shape index (κ2) is 8.31. The van der Waals surface area contributed by atoms with E-state index in [4.69, 9.17) is 0 Å². The molecule has 144 valence electrons. The molecule has 1 aromatic heterocycles. The van der Waals surface area contributed by atoms with Crippen LogP contribution in [-0.2, 0) is 16.1 Å². The largest absolute Gasteiger partial charge is 0.335 e. The maximum absolute atomic E-state index is 12.9. The molecule has 0 unspecified atom stereocenters. The first-order valence-electron chi connectivity index (χ1n) is 9.57. The van der Waals surface area contributed by atoms with Gasteiger partial charge in [0.15, 0.2) is 0 Å². The normalized spacial score (nSPS) is 18.1.